The summed E-state index contributed by atoms with van der Waals surface area (Å²) in [5.74, 6) is 0. The van der Waals surface area contributed by atoms with E-state index >= 15 is 0 Å². The van der Waals surface area contributed by atoms with Gasteiger partial charge < -0.3 is 15.0 Å². The van der Waals surface area contributed by atoms with E-state index in [9.17, 15) is 4.79 Å². The maximum Gasteiger partial charge on any atom is 0.410 e. The summed E-state index contributed by atoms with van der Waals surface area (Å²) in [6, 6.07) is 0.747. The summed E-state index contributed by atoms with van der Waals surface area (Å²) < 4.78 is 5.29. The molecule has 0 saturated carbocycles. The molecule has 0 aromatic rings. The summed E-state index contributed by atoms with van der Waals surface area (Å²) in [4.78, 5) is 13.8. The van der Waals surface area contributed by atoms with Gasteiger partial charge in [0.05, 0.1) is 6.10 Å². The molecule has 1 heterocycles. The van der Waals surface area contributed by atoms with Crippen LogP contribution in [0, 0.1) is 0 Å². The first kappa shape index (κ1) is 14.3. The maximum atomic E-state index is 11.9. The van der Waals surface area contributed by atoms with Gasteiger partial charge in [0.1, 0.15) is 0 Å². The van der Waals surface area contributed by atoms with Gasteiger partial charge in [-0.1, -0.05) is 13.8 Å². The van der Waals surface area contributed by atoms with Gasteiger partial charge in [0.15, 0.2) is 0 Å². The molecule has 1 rings (SSSR count). The summed E-state index contributed by atoms with van der Waals surface area (Å²) in [5.41, 5.74) is 0. The highest BCUT2D eigenvalue weighted by Crippen LogP contribution is 2.18. The lowest BCUT2D eigenvalue weighted by molar-refractivity contribution is 0.0524. The van der Waals surface area contributed by atoms with E-state index in [-0.39, 0.29) is 18.2 Å². The second-order valence-corrected chi connectivity index (χ2v) is 5.34. The Bertz CT molecular complexity index is 242. The van der Waals surface area contributed by atoms with Crippen molar-refractivity contribution in [3.63, 3.8) is 0 Å². The van der Waals surface area contributed by atoms with E-state index in [4.69, 9.17) is 4.74 Å². The summed E-state index contributed by atoms with van der Waals surface area (Å²) in [7, 11) is 0. The molecule has 0 radical (unpaired) electrons. The van der Waals surface area contributed by atoms with Crippen LogP contribution >= 0.6 is 0 Å². The SMILES string of the molecule is CC(C)NCC1CCCCN1C(=O)OC(C)C. The van der Waals surface area contributed by atoms with E-state index in [2.05, 4.69) is 19.2 Å². The van der Waals surface area contributed by atoms with Crippen LogP contribution in [0.4, 0.5) is 4.79 Å². The topological polar surface area (TPSA) is 41.6 Å². The first-order valence-electron chi connectivity index (χ1n) is 6.71. The molecule has 4 heteroatoms. The van der Waals surface area contributed by atoms with Gasteiger partial charge in [-0.25, -0.2) is 4.79 Å². The zero-order valence-electron chi connectivity index (χ0n) is 11.5. The van der Waals surface area contributed by atoms with Crippen LogP contribution in [0.15, 0.2) is 0 Å². The standard InChI is InChI=1S/C13H26N2O2/c1-10(2)14-9-12-7-5-6-8-15(12)13(16)17-11(3)4/h10-12,14H,5-9H2,1-4H3. The third-order valence-corrected chi connectivity index (χ3v) is 2.96. The van der Waals surface area contributed by atoms with E-state index in [1.54, 1.807) is 0 Å². The van der Waals surface area contributed by atoms with E-state index in [0.29, 0.717) is 6.04 Å². The van der Waals surface area contributed by atoms with E-state index in [0.717, 1.165) is 25.9 Å². The summed E-state index contributed by atoms with van der Waals surface area (Å²) in [5, 5.41) is 3.40. The Morgan fingerprint density at radius 2 is 2.06 bits per heavy atom. The molecule has 4 nitrogen and oxygen atoms in total. The van der Waals surface area contributed by atoms with Crippen LogP contribution in [-0.2, 0) is 4.74 Å². The van der Waals surface area contributed by atoms with Crippen molar-refractivity contribution in [3.8, 4) is 0 Å². The van der Waals surface area contributed by atoms with Crippen molar-refractivity contribution in [2.24, 2.45) is 0 Å². The molecule has 0 aliphatic carbocycles. The fourth-order valence-corrected chi connectivity index (χ4v) is 2.09. The summed E-state index contributed by atoms with van der Waals surface area (Å²) in [6.07, 6.45) is 3.17. The number of rotatable bonds is 4. The number of carbonyl (C=O) groups excluding carboxylic acids is 1. The molecule has 0 bridgehead atoms. The van der Waals surface area contributed by atoms with Crippen LogP contribution in [0.1, 0.15) is 47.0 Å². The molecule has 0 aromatic carbocycles. The lowest BCUT2D eigenvalue weighted by atomic mass is 10.0. The normalized spacial score (nSPS) is 21.1. The Hall–Kier alpha value is -0.770. The first-order valence-corrected chi connectivity index (χ1v) is 6.71. The molecule has 1 atom stereocenters. The number of nitrogens with one attached hydrogen (secondary N) is 1. The lowest BCUT2D eigenvalue weighted by Gasteiger charge is -2.36. The lowest BCUT2D eigenvalue weighted by Crippen LogP contribution is -2.50. The molecule has 1 aliphatic heterocycles. The average Bonchev–Trinajstić information content (AvgIpc) is 2.25. The molecule has 1 fully saturated rings. The minimum Gasteiger partial charge on any atom is -0.447 e. The van der Waals surface area contributed by atoms with Crippen molar-refractivity contribution in [1.29, 1.82) is 0 Å². The predicted molar refractivity (Wildman–Crippen MR) is 69.1 cm³/mol. The third-order valence-electron chi connectivity index (χ3n) is 2.96. The molecule has 0 aromatic heterocycles. The smallest absolute Gasteiger partial charge is 0.410 e. The third kappa shape index (κ3) is 4.94. The zero-order valence-corrected chi connectivity index (χ0v) is 11.5. The van der Waals surface area contributed by atoms with E-state index in [1.165, 1.54) is 6.42 Å². The van der Waals surface area contributed by atoms with Gasteiger partial charge in [-0.2, -0.15) is 0 Å². The van der Waals surface area contributed by atoms with Crippen molar-refractivity contribution in [2.75, 3.05) is 13.1 Å². The van der Waals surface area contributed by atoms with Crippen LogP contribution in [-0.4, -0.2) is 42.3 Å². The monoisotopic (exact) mass is 242 g/mol. The number of likely N-dealkylation sites (tertiary alicyclic amines) is 1. The first-order chi connectivity index (χ1) is 8.00. The van der Waals surface area contributed by atoms with E-state index < -0.39 is 0 Å². The van der Waals surface area contributed by atoms with Crippen molar-refractivity contribution >= 4 is 6.09 Å². The highest BCUT2D eigenvalue weighted by atomic mass is 16.6. The molecule has 1 saturated heterocycles. The summed E-state index contributed by atoms with van der Waals surface area (Å²) in [6.45, 7) is 9.73. The van der Waals surface area contributed by atoms with Crippen LogP contribution in [0.25, 0.3) is 0 Å². The van der Waals surface area contributed by atoms with Crippen LogP contribution in [0.5, 0.6) is 0 Å². The highest BCUT2D eigenvalue weighted by Gasteiger charge is 2.28. The Labute approximate surface area is 105 Å². The highest BCUT2D eigenvalue weighted by molar-refractivity contribution is 5.68. The second-order valence-electron chi connectivity index (χ2n) is 5.34. The fourth-order valence-electron chi connectivity index (χ4n) is 2.09. The molecule has 1 aliphatic rings. The van der Waals surface area contributed by atoms with Crippen molar-refractivity contribution in [1.82, 2.24) is 10.2 Å². The van der Waals surface area contributed by atoms with Gasteiger partial charge in [0.25, 0.3) is 0 Å². The van der Waals surface area contributed by atoms with E-state index in [1.807, 2.05) is 18.7 Å². The summed E-state index contributed by atoms with van der Waals surface area (Å²) >= 11 is 0. The maximum absolute atomic E-state index is 11.9. The van der Waals surface area contributed by atoms with Crippen molar-refractivity contribution in [2.45, 2.75) is 65.1 Å². The number of piperidine rings is 1. The number of ether oxygens (including phenoxy) is 1. The van der Waals surface area contributed by atoms with Gasteiger partial charge in [-0.05, 0) is 33.1 Å². The second kappa shape index (κ2) is 6.84. The Morgan fingerprint density at radius 1 is 1.35 bits per heavy atom. The van der Waals surface area contributed by atoms with Gasteiger partial charge >= 0.3 is 6.09 Å². The molecule has 1 amide bonds. The Morgan fingerprint density at radius 3 is 2.65 bits per heavy atom. The Balaban J connectivity index is 2.49. The largest absolute Gasteiger partial charge is 0.447 e. The number of nitrogens with zero attached hydrogens (tertiary/aromatic N) is 1. The predicted octanol–water partition coefficient (Wildman–Crippen LogP) is 2.38. The van der Waals surface area contributed by atoms with Gasteiger partial charge in [0, 0.05) is 25.2 Å². The van der Waals surface area contributed by atoms with Gasteiger partial charge in [0.2, 0.25) is 0 Å². The molecular formula is C13H26N2O2. The number of hydrogen-bond acceptors (Lipinski definition) is 3. The fraction of sp³-hybridized carbons (Fsp3) is 0.923. The Kier molecular flexibility index (Phi) is 5.75. The molecule has 1 N–H and O–H groups in total. The molecular weight excluding hydrogens is 216 g/mol. The number of amides is 1. The number of hydrogen-bond donors (Lipinski definition) is 1. The minimum atomic E-state index is -0.157. The minimum absolute atomic E-state index is 0.0388. The zero-order chi connectivity index (χ0) is 12.8. The van der Waals surface area contributed by atoms with Crippen LogP contribution in [0.3, 0.4) is 0 Å². The van der Waals surface area contributed by atoms with Crippen molar-refractivity contribution in [3.05, 3.63) is 0 Å². The average molecular weight is 242 g/mol. The number of carbonyl (C=O) groups is 1. The van der Waals surface area contributed by atoms with Gasteiger partial charge in [-0.15, -0.1) is 0 Å². The van der Waals surface area contributed by atoms with Crippen LogP contribution in [0.2, 0.25) is 0 Å². The van der Waals surface area contributed by atoms with Gasteiger partial charge in [-0.3, -0.25) is 0 Å². The van der Waals surface area contributed by atoms with Crippen LogP contribution < -0.4 is 5.32 Å². The molecule has 0 spiro atoms. The molecule has 1 unspecified atom stereocenters. The molecule has 17 heavy (non-hydrogen) atoms. The molecule has 100 valence electrons. The quantitative estimate of drug-likeness (QED) is 0.823. The van der Waals surface area contributed by atoms with Crippen molar-refractivity contribution < 1.29 is 9.53 Å².